The van der Waals surface area contributed by atoms with Gasteiger partial charge in [0.15, 0.2) is 11.9 Å². The summed E-state index contributed by atoms with van der Waals surface area (Å²) in [6.45, 7) is 1.73. The molecule has 0 amide bonds. The molecule has 35 heavy (non-hydrogen) atoms. The molecule has 0 saturated carbocycles. The summed E-state index contributed by atoms with van der Waals surface area (Å²) in [6, 6.07) is 13.1. The van der Waals surface area contributed by atoms with Crippen LogP contribution in [0.15, 0.2) is 54.7 Å². The second-order valence-corrected chi connectivity index (χ2v) is 8.48. The van der Waals surface area contributed by atoms with Gasteiger partial charge in [0.25, 0.3) is 0 Å². The number of hydrogen-bond donors (Lipinski definition) is 0. The van der Waals surface area contributed by atoms with Gasteiger partial charge in [0.2, 0.25) is 5.88 Å². The molecule has 0 bridgehead atoms. The zero-order valence-corrected chi connectivity index (χ0v) is 20.2. The van der Waals surface area contributed by atoms with Gasteiger partial charge in [-0.25, -0.2) is 4.98 Å². The summed E-state index contributed by atoms with van der Waals surface area (Å²) in [4.78, 5) is 16.6. The molecule has 182 valence electrons. The molecular formula is C24H16Cl3F3N2O3. The van der Waals surface area contributed by atoms with E-state index in [0.29, 0.717) is 22.5 Å². The topological polar surface area (TPSA) is 72.2 Å². The first-order valence-electron chi connectivity index (χ1n) is 10.1. The molecule has 0 aliphatic rings. The molecule has 1 heterocycles. The Bertz CT molecular complexity index is 1260. The van der Waals surface area contributed by atoms with E-state index in [9.17, 15) is 23.2 Å². The number of carbonyl (C=O) groups excluding carboxylic acids is 1. The van der Waals surface area contributed by atoms with Crippen molar-refractivity contribution in [2.45, 2.75) is 31.5 Å². The summed E-state index contributed by atoms with van der Waals surface area (Å²) in [7, 11) is 0. The molecule has 0 fully saturated rings. The highest BCUT2D eigenvalue weighted by Crippen LogP contribution is 2.35. The monoisotopic (exact) mass is 542 g/mol. The van der Waals surface area contributed by atoms with Crippen LogP contribution in [0.4, 0.5) is 13.2 Å². The summed E-state index contributed by atoms with van der Waals surface area (Å²) in [5, 5.41) is 9.87. The van der Waals surface area contributed by atoms with E-state index in [2.05, 4.69) is 4.98 Å². The van der Waals surface area contributed by atoms with Gasteiger partial charge in [-0.3, -0.25) is 4.79 Å². The zero-order valence-electron chi connectivity index (χ0n) is 17.9. The number of alkyl halides is 3. The second-order valence-electron chi connectivity index (χ2n) is 7.23. The minimum atomic E-state index is -4.58. The van der Waals surface area contributed by atoms with Gasteiger partial charge in [0.05, 0.1) is 11.6 Å². The Labute approximate surface area is 214 Å². The predicted octanol–water partition coefficient (Wildman–Crippen LogP) is 7.89. The molecule has 5 nitrogen and oxygen atoms in total. The first-order valence-corrected chi connectivity index (χ1v) is 11.2. The Hall–Kier alpha value is -2.99. The standard InChI is InChI=1S/C24H16Cl3F3N2O3/c1-2-21(22(33)18(11-31)17-8-3-14(25)10-19(17)26)34-15-4-6-16(7-5-15)35-23-20(27)9-13(12-32-23)24(28,29)30/h3-10,12,18,21H,2H2,1H3. The van der Waals surface area contributed by atoms with Gasteiger partial charge in [-0.05, 0) is 54.4 Å². The minimum absolute atomic E-state index is 0.198. The van der Waals surface area contributed by atoms with E-state index in [-0.39, 0.29) is 28.1 Å². The van der Waals surface area contributed by atoms with Gasteiger partial charge in [0.1, 0.15) is 22.4 Å². The van der Waals surface area contributed by atoms with Crippen molar-refractivity contribution in [3.8, 4) is 23.4 Å². The van der Waals surface area contributed by atoms with Crippen LogP contribution in [0.25, 0.3) is 0 Å². The number of ether oxygens (including phenoxy) is 2. The number of aromatic nitrogens is 1. The van der Waals surface area contributed by atoms with E-state index < -0.39 is 29.5 Å². The van der Waals surface area contributed by atoms with Crippen LogP contribution in [-0.4, -0.2) is 16.9 Å². The average molecular weight is 544 g/mol. The van der Waals surface area contributed by atoms with Crippen molar-refractivity contribution in [3.63, 3.8) is 0 Å². The molecule has 11 heteroatoms. The van der Waals surface area contributed by atoms with Gasteiger partial charge in [0, 0.05) is 16.2 Å². The summed E-state index contributed by atoms with van der Waals surface area (Å²) in [6.07, 6.45) is -4.62. The highest BCUT2D eigenvalue weighted by atomic mass is 35.5. The fraction of sp³-hybridized carbons (Fsp3) is 0.208. The van der Waals surface area contributed by atoms with E-state index in [0.717, 1.165) is 6.07 Å². The van der Waals surface area contributed by atoms with Crippen LogP contribution in [0.5, 0.6) is 17.4 Å². The third-order valence-electron chi connectivity index (χ3n) is 4.83. The highest BCUT2D eigenvalue weighted by molar-refractivity contribution is 6.35. The molecule has 1 aromatic heterocycles. The number of nitriles is 1. The van der Waals surface area contributed by atoms with Crippen molar-refractivity contribution in [1.82, 2.24) is 4.98 Å². The molecule has 3 aromatic rings. The number of benzene rings is 2. The Balaban J connectivity index is 1.72. The van der Waals surface area contributed by atoms with Crippen molar-refractivity contribution in [2.75, 3.05) is 0 Å². The molecule has 0 aliphatic heterocycles. The van der Waals surface area contributed by atoms with Gasteiger partial charge in [-0.2, -0.15) is 18.4 Å². The molecule has 0 aliphatic carbocycles. The minimum Gasteiger partial charge on any atom is -0.483 e. The maximum Gasteiger partial charge on any atom is 0.417 e. The summed E-state index contributed by atoms with van der Waals surface area (Å²) >= 11 is 17.9. The lowest BCUT2D eigenvalue weighted by Crippen LogP contribution is -2.31. The molecular weight excluding hydrogens is 528 g/mol. The van der Waals surface area contributed by atoms with Crippen molar-refractivity contribution >= 4 is 40.6 Å². The van der Waals surface area contributed by atoms with Crippen LogP contribution in [0.2, 0.25) is 15.1 Å². The van der Waals surface area contributed by atoms with E-state index >= 15 is 0 Å². The third-order valence-corrected chi connectivity index (χ3v) is 5.66. The molecule has 0 spiro atoms. The van der Waals surface area contributed by atoms with Crippen molar-refractivity contribution in [1.29, 1.82) is 5.26 Å². The van der Waals surface area contributed by atoms with Crippen LogP contribution >= 0.6 is 34.8 Å². The van der Waals surface area contributed by atoms with Crippen LogP contribution in [0.1, 0.15) is 30.4 Å². The Kier molecular flexibility index (Phi) is 8.49. The predicted molar refractivity (Wildman–Crippen MR) is 125 cm³/mol. The fourth-order valence-electron chi connectivity index (χ4n) is 3.07. The van der Waals surface area contributed by atoms with Gasteiger partial charge < -0.3 is 9.47 Å². The molecule has 0 N–H and O–H groups in total. The van der Waals surface area contributed by atoms with E-state index in [1.807, 2.05) is 6.07 Å². The van der Waals surface area contributed by atoms with Gasteiger partial charge in [-0.15, -0.1) is 0 Å². The average Bonchev–Trinajstić information content (AvgIpc) is 2.80. The maximum absolute atomic E-state index is 13.0. The molecule has 2 aromatic carbocycles. The molecule has 0 saturated heterocycles. The van der Waals surface area contributed by atoms with Gasteiger partial charge in [-0.1, -0.05) is 47.8 Å². The lowest BCUT2D eigenvalue weighted by atomic mass is 9.92. The lowest BCUT2D eigenvalue weighted by Gasteiger charge is -2.20. The van der Waals surface area contributed by atoms with Crippen molar-refractivity contribution < 1.29 is 27.4 Å². The fourth-order valence-corrected chi connectivity index (χ4v) is 3.79. The largest absolute Gasteiger partial charge is 0.483 e. The number of rotatable bonds is 8. The smallest absolute Gasteiger partial charge is 0.417 e. The first-order chi connectivity index (χ1) is 16.5. The van der Waals surface area contributed by atoms with Crippen molar-refractivity contribution in [2.24, 2.45) is 0 Å². The number of ketones is 1. The first kappa shape index (κ1) is 26.6. The lowest BCUT2D eigenvalue weighted by molar-refractivity contribution is -0.137. The Morgan fingerprint density at radius 3 is 2.26 bits per heavy atom. The van der Waals surface area contributed by atoms with E-state index in [1.54, 1.807) is 13.0 Å². The normalized spacial score (nSPS) is 13.0. The number of pyridine rings is 1. The van der Waals surface area contributed by atoms with Crippen molar-refractivity contribution in [3.05, 3.63) is 80.9 Å². The number of halogens is 6. The molecule has 3 rings (SSSR count). The van der Waals surface area contributed by atoms with Gasteiger partial charge >= 0.3 is 6.18 Å². The van der Waals surface area contributed by atoms with Crippen LogP contribution in [0.3, 0.4) is 0 Å². The Morgan fingerprint density at radius 2 is 1.71 bits per heavy atom. The molecule has 2 unspecified atom stereocenters. The van der Waals surface area contributed by atoms with Crippen LogP contribution in [-0.2, 0) is 11.0 Å². The molecule has 2 atom stereocenters. The number of nitrogens with zero attached hydrogens (tertiary/aromatic N) is 2. The SMILES string of the molecule is CCC(Oc1ccc(Oc2ncc(C(F)(F)F)cc2Cl)cc1)C(=O)C(C#N)c1ccc(Cl)cc1Cl. The Morgan fingerprint density at radius 1 is 1.06 bits per heavy atom. The summed E-state index contributed by atoms with van der Waals surface area (Å²) < 4.78 is 49.5. The van der Waals surface area contributed by atoms with E-state index in [4.69, 9.17) is 44.3 Å². The summed E-state index contributed by atoms with van der Waals surface area (Å²) in [5.74, 6) is -1.29. The van der Waals surface area contributed by atoms with E-state index in [1.165, 1.54) is 36.4 Å². The number of Topliss-reactive ketones (excluding diaryl/α,β-unsaturated/α-hetero) is 1. The summed E-state index contributed by atoms with van der Waals surface area (Å²) in [5.41, 5.74) is -0.667. The third kappa shape index (κ3) is 6.57. The number of hydrogen-bond acceptors (Lipinski definition) is 5. The van der Waals surface area contributed by atoms with Crippen LogP contribution in [0, 0.1) is 11.3 Å². The quantitative estimate of drug-likeness (QED) is 0.289. The number of carbonyl (C=O) groups is 1. The highest BCUT2D eigenvalue weighted by Gasteiger charge is 2.32. The zero-order chi connectivity index (χ0) is 25.8. The molecule has 0 radical (unpaired) electrons. The second kappa shape index (κ2) is 11.2. The maximum atomic E-state index is 13.0. The van der Waals surface area contributed by atoms with Crippen LogP contribution < -0.4 is 9.47 Å².